The van der Waals surface area contributed by atoms with Gasteiger partial charge in [0.15, 0.2) is 0 Å². The minimum atomic E-state index is 0.500. The summed E-state index contributed by atoms with van der Waals surface area (Å²) in [5.41, 5.74) is 1.34. The molecule has 4 nitrogen and oxygen atoms in total. The number of nitrogens with one attached hydrogen (secondary N) is 1. The molecule has 4 heteroatoms. The third kappa shape index (κ3) is 3.13. The fraction of sp³-hybridized carbons (Fsp3) is 0.688. The van der Waals surface area contributed by atoms with E-state index in [9.17, 15) is 0 Å². The Bertz CT molecular complexity index is 374. The first-order valence-electron chi connectivity index (χ1n) is 7.85. The van der Waals surface area contributed by atoms with Crippen LogP contribution in [-0.2, 0) is 0 Å². The third-order valence-electron chi connectivity index (χ3n) is 4.66. The van der Waals surface area contributed by atoms with E-state index >= 15 is 0 Å². The monoisotopic (exact) mass is 274 g/mol. The Morgan fingerprint density at radius 1 is 1.15 bits per heavy atom. The molecule has 0 bridgehead atoms. The van der Waals surface area contributed by atoms with Gasteiger partial charge in [0.05, 0.1) is 0 Å². The highest BCUT2D eigenvalue weighted by Crippen LogP contribution is 2.26. The lowest BCUT2D eigenvalue weighted by Crippen LogP contribution is -2.44. The first kappa shape index (κ1) is 13.8. The highest BCUT2D eigenvalue weighted by atomic mass is 15.3. The number of piperidine rings is 1. The van der Waals surface area contributed by atoms with Gasteiger partial charge in [0.25, 0.3) is 0 Å². The normalized spacial score (nSPS) is 28.6. The van der Waals surface area contributed by atoms with Crippen molar-refractivity contribution in [2.75, 3.05) is 44.7 Å². The zero-order chi connectivity index (χ0) is 13.9. The summed E-state index contributed by atoms with van der Waals surface area (Å²) in [7, 11) is 2.18. The smallest absolute Gasteiger partial charge is 0.128 e. The van der Waals surface area contributed by atoms with E-state index in [4.69, 9.17) is 0 Å². The molecule has 3 rings (SSSR count). The molecule has 1 N–H and O–H groups in total. The van der Waals surface area contributed by atoms with Crippen LogP contribution in [0.25, 0.3) is 0 Å². The minimum Gasteiger partial charge on any atom is -0.354 e. The van der Waals surface area contributed by atoms with Gasteiger partial charge in [0, 0.05) is 38.4 Å². The number of nitrogens with zero attached hydrogens (tertiary/aromatic N) is 3. The van der Waals surface area contributed by atoms with Gasteiger partial charge in [-0.1, -0.05) is 13.0 Å². The zero-order valence-corrected chi connectivity index (χ0v) is 12.7. The number of piperazine rings is 1. The van der Waals surface area contributed by atoms with Crippen LogP contribution < -0.4 is 10.2 Å². The number of aromatic nitrogens is 1. The second-order valence-corrected chi connectivity index (χ2v) is 6.38. The van der Waals surface area contributed by atoms with E-state index in [0.29, 0.717) is 6.04 Å². The molecule has 2 aliphatic rings. The SMILES string of the molecule is CC1CCC(c2ccc(N3CCN(C)CC3)nc2)NC1. The molecule has 0 spiro atoms. The fourth-order valence-corrected chi connectivity index (χ4v) is 3.11. The van der Waals surface area contributed by atoms with E-state index in [1.165, 1.54) is 18.4 Å². The van der Waals surface area contributed by atoms with Gasteiger partial charge in [-0.05, 0) is 44.0 Å². The van der Waals surface area contributed by atoms with E-state index in [0.717, 1.165) is 44.5 Å². The standard InChI is InChI=1S/C16H26N4/c1-13-3-5-15(17-11-13)14-4-6-16(18-12-14)20-9-7-19(2)8-10-20/h4,6,12-13,15,17H,3,5,7-11H2,1-2H3. The molecule has 1 aromatic heterocycles. The quantitative estimate of drug-likeness (QED) is 0.892. The van der Waals surface area contributed by atoms with Crippen molar-refractivity contribution in [3.05, 3.63) is 23.9 Å². The summed E-state index contributed by atoms with van der Waals surface area (Å²) in [6.45, 7) is 7.88. The second kappa shape index (κ2) is 6.10. The molecule has 20 heavy (non-hydrogen) atoms. The summed E-state index contributed by atoms with van der Waals surface area (Å²) >= 11 is 0. The van der Waals surface area contributed by atoms with Crippen molar-refractivity contribution in [1.82, 2.24) is 15.2 Å². The van der Waals surface area contributed by atoms with Crippen molar-refractivity contribution in [3.8, 4) is 0 Å². The lowest BCUT2D eigenvalue weighted by atomic mass is 9.93. The van der Waals surface area contributed by atoms with Crippen molar-refractivity contribution in [2.45, 2.75) is 25.8 Å². The lowest BCUT2D eigenvalue weighted by Gasteiger charge is -2.33. The Hall–Kier alpha value is -1.13. The number of hydrogen-bond acceptors (Lipinski definition) is 4. The maximum atomic E-state index is 4.69. The highest BCUT2D eigenvalue weighted by Gasteiger charge is 2.20. The van der Waals surface area contributed by atoms with Crippen LogP contribution in [0.1, 0.15) is 31.4 Å². The topological polar surface area (TPSA) is 31.4 Å². The third-order valence-corrected chi connectivity index (χ3v) is 4.66. The summed E-state index contributed by atoms with van der Waals surface area (Å²) in [6, 6.07) is 4.95. The van der Waals surface area contributed by atoms with Crippen LogP contribution in [0.2, 0.25) is 0 Å². The maximum Gasteiger partial charge on any atom is 0.128 e. The van der Waals surface area contributed by atoms with Crippen LogP contribution >= 0.6 is 0 Å². The maximum absolute atomic E-state index is 4.69. The molecule has 0 amide bonds. The highest BCUT2D eigenvalue weighted by molar-refractivity contribution is 5.40. The first-order valence-corrected chi connectivity index (χ1v) is 7.85. The van der Waals surface area contributed by atoms with Crippen molar-refractivity contribution in [3.63, 3.8) is 0 Å². The van der Waals surface area contributed by atoms with Crippen LogP contribution in [0.15, 0.2) is 18.3 Å². The van der Waals surface area contributed by atoms with Gasteiger partial charge in [-0.2, -0.15) is 0 Å². The molecule has 0 saturated carbocycles. The molecule has 0 aliphatic carbocycles. The predicted molar refractivity (Wildman–Crippen MR) is 83.1 cm³/mol. The lowest BCUT2D eigenvalue weighted by molar-refractivity contribution is 0.312. The molecule has 0 radical (unpaired) electrons. The summed E-state index contributed by atoms with van der Waals surface area (Å²) in [6.07, 6.45) is 4.62. The molecule has 3 heterocycles. The van der Waals surface area contributed by atoms with E-state index in [-0.39, 0.29) is 0 Å². The van der Waals surface area contributed by atoms with Gasteiger partial charge in [-0.3, -0.25) is 0 Å². The van der Waals surface area contributed by atoms with Gasteiger partial charge in [-0.25, -0.2) is 4.98 Å². The van der Waals surface area contributed by atoms with Crippen LogP contribution in [0, 0.1) is 5.92 Å². The fourth-order valence-electron chi connectivity index (χ4n) is 3.11. The van der Waals surface area contributed by atoms with Crippen molar-refractivity contribution in [1.29, 1.82) is 0 Å². The molecule has 110 valence electrons. The molecule has 0 aromatic carbocycles. The minimum absolute atomic E-state index is 0.500. The zero-order valence-electron chi connectivity index (χ0n) is 12.7. The van der Waals surface area contributed by atoms with Gasteiger partial charge in [-0.15, -0.1) is 0 Å². The molecule has 2 atom stereocenters. The molecule has 2 aliphatic heterocycles. The molecule has 2 saturated heterocycles. The number of likely N-dealkylation sites (N-methyl/N-ethyl adjacent to an activating group) is 1. The Morgan fingerprint density at radius 2 is 1.95 bits per heavy atom. The summed E-state index contributed by atoms with van der Waals surface area (Å²) < 4.78 is 0. The number of hydrogen-bond donors (Lipinski definition) is 1. The molecule has 2 fully saturated rings. The summed E-state index contributed by atoms with van der Waals surface area (Å²) in [5, 5.41) is 3.63. The molecule has 1 aromatic rings. The second-order valence-electron chi connectivity index (χ2n) is 6.38. The molecular formula is C16H26N4. The predicted octanol–water partition coefficient (Wildman–Crippen LogP) is 1.89. The van der Waals surface area contributed by atoms with Crippen LogP contribution in [-0.4, -0.2) is 49.7 Å². The average Bonchev–Trinajstić information content (AvgIpc) is 2.49. The van der Waals surface area contributed by atoms with Gasteiger partial charge in [0.1, 0.15) is 5.82 Å². The molecule has 2 unspecified atom stereocenters. The van der Waals surface area contributed by atoms with E-state index in [2.05, 4.69) is 52.4 Å². The Balaban J connectivity index is 1.62. The number of anilines is 1. The van der Waals surface area contributed by atoms with Crippen LogP contribution in [0.5, 0.6) is 0 Å². The Labute approximate surface area is 122 Å². The van der Waals surface area contributed by atoms with Gasteiger partial charge < -0.3 is 15.1 Å². The number of rotatable bonds is 2. The van der Waals surface area contributed by atoms with Crippen LogP contribution in [0.4, 0.5) is 5.82 Å². The first-order chi connectivity index (χ1) is 9.72. The summed E-state index contributed by atoms with van der Waals surface area (Å²) in [5.74, 6) is 1.94. The summed E-state index contributed by atoms with van der Waals surface area (Å²) in [4.78, 5) is 9.45. The Kier molecular flexibility index (Phi) is 4.22. The average molecular weight is 274 g/mol. The van der Waals surface area contributed by atoms with Gasteiger partial charge in [0.2, 0.25) is 0 Å². The van der Waals surface area contributed by atoms with Gasteiger partial charge >= 0.3 is 0 Å². The van der Waals surface area contributed by atoms with Crippen LogP contribution in [0.3, 0.4) is 0 Å². The molecular weight excluding hydrogens is 248 g/mol. The van der Waals surface area contributed by atoms with E-state index < -0.39 is 0 Å². The van der Waals surface area contributed by atoms with E-state index in [1.54, 1.807) is 0 Å². The van der Waals surface area contributed by atoms with Crippen molar-refractivity contribution >= 4 is 5.82 Å². The number of pyridine rings is 1. The van der Waals surface area contributed by atoms with E-state index in [1.807, 2.05) is 0 Å². The largest absolute Gasteiger partial charge is 0.354 e. The Morgan fingerprint density at radius 3 is 2.55 bits per heavy atom. The van der Waals surface area contributed by atoms with Crippen molar-refractivity contribution in [2.24, 2.45) is 5.92 Å². The van der Waals surface area contributed by atoms with Crippen molar-refractivity contribution < 1.29 is 0 Å².